The fraction of sp³-hybridized carbons (Fsp3) is 0.174. The van der Waals surface area contributed by atoms with Gasteiger partial charge in [-0.1, -0.05) is 0 Å². The molecule has 176 valence electrons. The first-order valence-corrected chi connectivity index (χ1v) is 10.7. The number of halogens is 4. The van der Waals surface area contributed by atoms with E-state index < -0.39 is 23.6 Å². The lowest BCUT2D eigenvalue weighted by molar-refractivity contribution is -0.0489. The number of fused-ring (bicyclic) bond motifs is 2. The molecule has 3 heterocycles. The Balaban J connectivity index is 1.53. The highest BCUT2D eigenvalue weighted by molar-refractivity contribution is 6.42. The molecule has 0 fully saturated rings. The molecule has 35 heavy (non-hydrogen) atoms. The number of aryl methyl sites for hydroxylation is 1. The van der Waals surface area contributed by atoms with Crippen LogP contribution in [0.2, 0.25) is 0 Å². The van der Waals surface area contributed by atoms with Crippen molar-refractivity contribution in [1.82, 2.24) is 19.7 Å². The molecule has 0 atom stereocenters. The number of alkyl halides is 2. The minimum Gasteiger partial charge on any atom is -0.432 e. The van der Waals surface area contributed by atoms with Crippen molar-refractivity contribution in [2.45, 2.75) is 18.5 Å². The first kappa shape index (κ1) is 22.9. The summed E-state index contributed by atoms with van der Waals surface area (Å²) in [5.74, 6) is -2.16. The van der Waals surface area contributed by atoms with Crippen LogP contribution in [-0.2, 0) is 18.9 Å². The van der Waals surface area contributed by atoms with E-state index in [1.54, 1.807) is 47.3 Å². The van der Waals surface area contributed by atoms with Crippen LogP contribution < -0.4 is 4.74 Å². The summed E-state index contributed by atoms with van der Waals surface area (Å²) in [5.41, 5.74) is 1.43. The van der Waals surface area contributed by atoms with Crippen LogP contribution in [0.15, 0.2) is 48.8 Å². The van der Waals surface area contributed by atoms with Gasteiger partial charge in [0, 0.05) is 35.7 Å². The van der Waals surface area contributed by atoms with Crippen molar-refractivity contribution in [2.24, 2.45) is 7.05 Å². The van der Waals surface area contributed by atoms with E-state index in [1.807, 2.05) is 0 Å². The normalized spacial score (nSPS) is 14.7. The van der Waals surface area contributed by atoms with Crippen molar-refractivity contribution < 1.29 is 27.1 Å². The minimum atomic E-state index is -3.04. The Bertz CT molecular complexity index is 1470. The Morgan fingerprint density at radius 2 is 1.83 bits per heavy atom. The quantitative estimate of drug-likeness (QED) is 0.326. The Kier molecular flexibility index (Phi) is 5.34. The third kappa shape index (κ3) is 3.73. The van der Waals surface area contributed by atoms with Crippen molar-refractivity contribution >= 4 is 32.5 Å². The van der Waals surface area contributed by atoms with Crippen molar-refractivity contribution in [1.29, 1.82) is 0 Å². The predicted octanol–water partition coefficient (Wildman–Crippen LogP) is 2.55. The third-order valence-electron chi connectivity index (χ3n) is 6.28. The number of benzene rings is 2. The number of amides is 1. The summed E-state index contributed by atoms with van der Waals surface area (Å²) in [6.07, 6.45) is 3.13. The lowest BCUT2D eigenvalue weighted by Gasteiger charge is -2.32. The highest BCUT2D eigenvalue weighted by Crippen LogP contribution is 2.38. The molecule has 0 spiro atoms. The van der Waals surface area contributed by atoms with Crippen LogP contribution in [0.3, 0.4) is 0 Å². The predicted molar refractivity (Wildman–Crippen MR) is 126 cm³/mol. The standard InChI is InChI=1S/C23H18B2F4N4O2/c1-32-9-14-12(4-5-18(19(14)31-32)35-22(28)29)11-7-16(26)15(17(27)8-11)10-33-21(34)13-3-2-6-30-20(13)23(33,24)25/h2-9,22H,10,24-25H2,1H3. The van der Waals surface area contributed by atoms with Crippen molar-refractivity contribution in [3.63, 3.8) is 0 Å². The Hall–Kier alpha value is -3.82. The number of rotatable bonds is 5. The summed E-state index contributed by atoms with van der Waals surface area (Å²) in [5, 5.41) is 3.69. The van der Waals surface area contributed by atoms with Gasteiger partial charge < -0.3 is 9.64 Å². The van der Waals surface area contributed by atoms with E-state index in [-0.39, 0.29) is 34.8 Å². The van der Waals surface area contributed by atoms with E-state index in [9.17, 15) is 13.6 Å². The third-order valence-corrected chi connectivity index (χ3v) is 6.28. The zero-order valence-electron chi connectivity index (χ0n) is 19.0. The molecule has 0 unspecified atom stereocenters. The molecule has 2 aromatic carbocycles. The van der Waals surface area contributed by atoms with Gasteiger partial charge in [0.25, 0.3) is 5.91 Å². The molecule has 0 radical (unpaired) electrons. The van der Waals surface area contributed by atoms with Crippen molar-refractivity contribution in [3.05, 3.63) is 77.2 Å². The summed E-state index contributed by atoms with van der Waals surface area (Å²) < 4.78 is 62.0. The van der Waals surface area contributed by atoms with Gasteiger partial charge in [0.1, 0.15) is 32.8 Å². The van der Waals surface area contributed by atoms with Crippen LogP contribution >= 0.6 is 0 Å². The average Bonchev–Trinajstić information content (AvgIpc) is 3.27. The first-order valence-electron chi connectivity index (χ1n) is 10.7. The second kappa shape index (κ2) is 8.14. The van der Waals surface area contributed by atoms with Gasteiger partial charge in [0.05, 0.1) is 17.8 Å². The molecule has 0 saturated heterocycles. The van der Waals surface area contributed by atoms with Gasteiger partial charge in [-0.25, -0.2) is 8.78 Å². The monoisotopic (exact) mass is 480 g/mol. The Morgan fingerprint density at radius 1 is 1.11 bits per heavy atom. The van der Waals surface area contributed by atoms with E-state index in [0.29, 0.717) is 22.2 Å². The molecule has 6 nitrogen and oxygen atoms in total. The summed E-state index contributed by atoms with van der Waals surface area (Å²) in [6, 6.07) is 8.34. The van der Waals surface area contributed by atoms with E-state index in [1.165, 1.54) is 21.7 Å². The Morgan fingerprint density at radius 3 is 2.49 bits per heavy atom. The molecule has 4 aromatic rings. The van der Waals surface area contributed by atoms with Crippen molar-refractivity contribution in [3.8, 4) is 16.9 Å². The average molecular weight is 480 g/mol. The van der Waals surface area contributed by atoms with Gasteiger partial charge in [0.15, 0.2) is 5.75 Å². The number of hydrogen-bond donors (Lipinski definition) is 0. The number of nitrogens with zero attached hydrogens (tertiary/aromatic N) is 4. The molecule has 1 aliphatic rings. The smallest absolute Gasteiger partial charge is 0.387 e. The van der Waals surface area contributed by atoms with Crippen LogP contribution in [0.1, 0.15) is 21.6 Å². The molecule has 1 amide bonds. The zero-order chi connectivity index (χ0) is 25.1. The fourth-order valence-electron chi connectivity index (χ4n) is 4.57. The number of carbonyl (C=O) groups is 1. The van der Waals surface area contributed by atoms with Gasteiger partial charge in [-0.15, -0.1) is 0 Å². The second-order valence-electron chi connectivity index (χ2n) is 8.82. The highest BCUT2D eigenvalue weighted by Gasteiger charge is 2.44. The lowest BCUT2D eigenvalue weighted by atomic mass is 9.59. The molecule has 0 saturated carbocycles. The number of ether oxygens (including phenoxy) is 1. The van der Waals surface area contributed by atoms with Gasteiger partial charge in [0.2, 0.25) is 0 Å². The van der Waals surface area contributed by atoms with Gasteiger partial charge in [-0.2, -0.15) is 13.9 Å². The second-order valence-corrected chi connectivity index (χ2v) is 8.82. The van der Waals surface area contributed by atoms with Crippen LogP contribution in [0.25, 0.3) is 22.0 Å². The summed E-state index contributed by atoms with van der Waals surface area (Å²) in [6.45, 7) is -3.33. The van der Waals surface area contributed by atoms with E-state index in [4.69, 9.17) is 0 Å². The molecular formula is C23H18B2F4N4O2. The molecule has 0 bridgehead atoms. The number of carbonyl (C=O) groups excluding carboxylic acids is 1. The fourth-order valence-corrected chi connectivity index (χ4v) is 4.57. The zero-order valence-corrected chi connectivity index (χ0v) is 19.0. The lowest BCUT2D eigenvalue weighted by Crippen LogP contribution is -2.45. The Labute approximate surface area is 199 Å². The van der Waals surface area contributed by atoms with Crippen LogP contribution in [0.4, 0.5) is 17.6 Å². The number of pyridine rings is 1. The molecule has 2 aromatic heterocycles. The van der Waals surface area contributed by atoms with Gasteiger partial charge in [-0.05, 0) is 47.5 Å². The van der Waals surface area contributed by atoms with Crippen molar-refractivity contribution in [2.75, 3.05) is 0 Å². The molecular weight excluding hydrogens is 462 g/mol. The van der Waals surface area contributed by atoms with E-state index in [2.05, 4.69) is 14.8 Å². The number of hydrogen-bond acceptors (Lipinski definition) is 4. The molecule has 12 heteroatoms. The summed E-state index contributed by atoms with van der Waals surface area (Å²) >= 11 is 0. The maximum absolute atomic E-state index is 15.3. The van der Waals surface area contributed by atoms with E-state index >= 15 is 8.78 Å². The largest absolute Gasteiger partial charge is 0.432 e. The van der Waals surface area contributed by atoms with Crippen LogP contribution in [0.5, 0.6) is 5.75 Å². The van der Waals surface area contributed by atoms with Gasteiger partial charge >= 0.3 is 6.61 Å². The van der Waals surface area contributed by atoms with E-state index in [0.717, 1.165) is 12.1 Å². The number of aromatic nitrogens is 3. The molecule has 1 aliphatic heterocycles. The van der Waals surface area contributed by atoms with Crippen LogP contribution in [-0.4, -0.2) is 47.9 Å². The molecule has 0 N–H and O–H groups in total. The highest BCUT2D eigenvalue weighted by atomic mass is 19.3. The maximum atomic E-state index is 15.3. The topological polar surface area (TPSA) is 60.3 Å². The SMILES string of the molecule is BC1(B)c2ncccc2C(=O)N1Cc1c(F)cc(-c2ccc(OC(F)F)c3nn(C)cc23)cc1F. The summed E-state index contributed by atoms with van der Waals surface area (Å²) in [7, 11) is 5.15. The minimum absolute atomic E-state index is 0.139. The maximum Gasteiger partial charge on any atom is 0.387 e. The van der Waals surface area contributed by atoms with Gasteiger partial charge in [-0.3, -0.25) is 14.5 Å². The van der Waals surface area contributed by atoms with Crippen LogP contribution in [0, 0.1) is 11.6 Å². The molecule has 0 aliphatic carbocycles. The molecule has 5 rings (SSSR count). The summed E-state index contributed by atoms with van der Waals surface area (Å²) in [4.78, 5) is 18.6. The first-order chi connectivity index (χ1) is 16.6.